The van der Waals surface area contributed by atoms with E-state index in [2.05, 4.69) is 10.3 Å². The molecule has 1 rings (SSSR count). The van der Waals surface area contributed by atoms with Crippen LogP contribution in [0.15, 0.2) is 23.2 Å². The van der Waals surface area contributed by atoms with Gasteiger partial charge in [0, 0.05) is 19.0 Å². The quantitative estimate of drug-likeness (QED) is 0.632. The Morgan fingerprint density at radius 2 is 2.25 bits per heavy atom. The van der Waals surface area contributed by atoms with E-state index in [0.29, 0.717) is 0 Å². The van der Waals surface area contributed by atoms with Gasteiger partial charge < -0.3 is 15.5 Å². The van der Waals surface area contributed by atoms with E-state index in [4.69, 9.17) is 10.2 Å². The first-order chi connectivity index (χ1) is 7.45. The molecule has 0 saturated heterocycles. The van der Waals surface area contributed by atoms with Gasteiger partial charge in [-0.05, 0) is 12.1 Å². The highest BCUT2D eigenvalue weighted by Gasteiger charge is 2.14. The molecule has 0 aliphatic carbocycles. The molecule has 1 heterocycles. The van der Waals surface area contributed by atoms with Crippen LogP contribution in [0, 0.1) is 0 Å². The van der Waals surface area contributed by atoms with Gasteiger partial charge in [-0.15, -0.1) is 0 Å². The van der Waals surface area contributed by atoms with E-state index < -0.39 is 22.5 Å². The van der Waals surface area contributed by atoms with Crippen LogP contribution < -0.4 is 5.32 Å². The third-order valence-electron chi connectivity index (χ3n) is 1.89. The molecule has 1 aromatic heterocycles. The number of hydrogen-bond acceptors (Lipinski definition) is 6. The standard InChI is InChI=1S/C9H14N2O4S/c1-16(14,15)8-3-2-4-10-9(8)11-5-7(13)6-12/h2-4,7,12-13H,5-6H2,1H3,(H,10,11). The molecular formula is C9H14N2O4S. The van der Waals surface area contributed by atoms with Crippen LogP contribution in [-0.2, 0) is 9.84 Å². The lowest BCUT2D eigenvalue weighted by atomic mass is 10.3. The van der Waals surface area contributed by atoms with Crippen LogP contribution in [0.1, 0.15) is 0 Å². The highest BCUT2D eigenvalue weighted by atomic mass is 32.2. The molecule has 0 fully saturated rings. The summed E-state index contributed by atoms with van der Waals surface area (Å²) in [4.78, 5) is 3.94. The lowest BCUT2D eigenvalue weighted by molar-refractivity contribution is 0.105. The first-order valence-electron chi connectivity index (χ1n) is 4.63. The first kappa shape index (κ1) is 12.9. The van der Waals surface area contributed by atoms with Crippen LogP contribution >= 0.6 is 0 Å². The van der Waals surface area contributed by atoms with E-state index in [1.165, 1.54) is 18.3 Å². The molecule has 1 unspecified atom stereocenters. The largest absolute Gasteiger partial charge is 0.394 e. The minimum absolute atomic E-state index is 0.0377. The number of aromatic nitrogens is 1. The van der Waals surface area contributed by atoms with Gasteiger partial charge >= 0.3 is 0 Å². The van der Waals surface area contributed by atoms with Gasteiger partial charge in [-0.2, -0.15) is 0 Å². The third kappa shape index (κ3) is 3.44. The lowest BCUT2D eigenvalue weighted by Gasteiger charge is -2.11. The Hall–Kier alpha value is -1.18. The maximum atomic E-state index is 11.4. The van der Waals surface area contributed by atoms with E-state index in [0.717, 1.165) is 6.26 Å². The summed E-state index contributed by atoms with van der Waals surface area (Å²) < 4.78 is 22.8. The summed E-state index contributed by atoms with van der Waals surface area (Å²) in [7, 11) is -3.36. The summed E-state index contributed by atoms with van der Waals surface area (Å²) in [5.74, 6) is 0.178. The summed E-state index contributed by atoms with van der Waals surface area (Å²) in [5.41, 5.74) is 0. The van der Waals surface area contributed by atoms with Crippen LogP contribution in [0.5, 0.6) is 0 Å². The van der Waals surface area contributed by atoms with Crippen molar-refractivity contribution in [1.82, 2.24) is 4.98 Å². The third-order valence-corrected chi connectivity index (χ3v) is 3.01. The Bertz CT molecular complexity index is 447. The summed E-state index contributed by atoms with van der Waals surface area (Å²) in [6, 6.07) is 2.94. The average molecular weight is 246 g/mol. The Balaban J connectivity index is 2.88. The molecule has 0 aliphatic rings. The van der Waals surface area contributed by atoms with Gasteiger partial charge in [0.05, 0.1) is 12.7 Å². The number of nitrogens with zero attached hydrogens (tertiary/aromatic N) is 1. The van der Waals surface area contributed by atoms with Crippen molar-refractivity contribution in [3.8, 4) is 0 Å². The van der Waals surface area contributed by atoms with Crippen LogP contribution in [0.4, 0.5) is 5.82 Å². The van der Waals surface area contributed by atoms with Crippen molar-refractivity contribution in [2.75, 3.05) is 24.7 Å². The first-order valence-corrected chi connectivity index (χ1v) is 6.52. The number of pyridine rings is 1. The lowest BCUT2D eigenvalue weighted by Crippen LogP contribution is -2.24. The van der Waals surface area contributed by atoms with Crippen molar-refractivity contribution in [3.63, 3.8) is 0 Å². The van der Waals surface area contributed by atoms with Crippen molar-refractivity contribution in [2.24, 2.45) is 0 Å². The Morgan fingerprint density at radius 3 is 2.81 bits per heavy atom. The topological polar surface area (TPSA) is 99.5 Å². The fourth-order valence-corrected chi connectivity index (χ4v) is 1.90. The highest BCUT2D eigenvalue weighted by Crippen LogP contribution is 2.17. The molecular weight excluding hydrogens is 232 g/mol. The number of rotatable bonds is 5. The van der Waals surface area contributed by atoms with Gasteiger partial charge in [0.25, 0.3) is 0 Å². The van der Waals surface area contributed by atoms with Crippen LogP contribution in [0.25, 0.3) is 0 Å². The maximum Gasteiger partial charge on any atom is 0.179 e. The van der Waals surface area contributed by atoms with E-state index >= 15 is 0 Å². The summed E-state index contributed by atoms with van der Waals surface area (Å²) in [6.07, 6.45) is 1.58. The molecule has 0 radical (unpaired) electrons. The minimum atomic E-state index is -3.36. The Labute approximate surface area is 93.9 Å². The normalized spacial score (nSPS) is 13.4. The monoisotopic (exact) mass is 246 g/mol. The fraction of sp³-hybridized carbons (Fsp3) is 0.444. The second kappa shape index (κ2) is 5.24. The number of sulfone groups is 1. The zero-order valence-electron chi connectivity index (χ0n) is 8.79. The second-order valence-electron chi connectivity index (χ2n) is 3.34. The van der Waals surface area contributed by atoms with Crippen molar-refractivity contribution in [3.05, 3.63) is 18.3 Å². The molecule has 0 aromatic carbocycles. The van der Waals surface area contributed by atoms with Crippen molar-refractivity contribution >= 4 is 15.7 Å². The molecule has 16 heavy (non-hydrogen) atoms. The summed E-state index contributed by atoms with van der Waals surface area (Å²) in [6.45, 7) is -0.357. The van der Waals surface area contributed by atoms with Crippen LogP contribution in [0.2, 0.25) is 0 Å². The molecule has 1 atom stereocenters. The highest BCUT2D eigenvalue weighted by molar-refractivity contribution is 7.90. The predicted octanol–water partition coefficient (Wildman–Crippen LogP) is -0.750. The second-order valence-corrected chi connectivity index (χ2v) is 5.32. The molecule has 1 aromatic rings. The number of hydrogen-bond donors (Lipinski definition) is 3. The fourth-order valence-electron chi connectivity index (χ4n) is 1.10. The molecule has 90 valence electrons. The minimum Gasteiger partial charge on any atom is -0.394 e. The van der Waals surface area contributed by atoms with Crippen molar-refractivity contribution < 1.29 is 18.6 Å². The van der Waals surface area contributed by atoms with Gasteiger partial charge in [0.15, 0.2) is 9.84 Å². The smallest absolute Gasteiger partial charge is 0.179 e. The molecule has 3 N–H and O–H groups in total. The van der Waals surface area contributed by atoms with Gasteiger partial charge in [-0.25, -0.2) is 13.4 Å². The zero-order chi connectivity index (χ0) is 12.2. The van der Waals surface area contributed by atoms with E-state index in [9.17, 15) is 8.42 Å². The summed E-state index contributed by atoms with van der Waals surface area (Å²) >= 11 is 0. The number of anilines is 1. The van der Waals surface area contributed by atoms with Crippen LogP contribution in [-0.4, -0.2) is 49.1 Å². The zero-order valence-corrected chi connectivity index (χ0v) is 9.61. The van der Waals surface area contributed by atoms with E-state index in [1.54, 1.807) is 0 Å². The molecule has 0 amide bonds. The molecule has 0 aliphatic heterocycles. The molecule has 0 bridgehead atoms. The molecule has 0 saturated carbocycles. The Kier molecular flexibility index (Phi) is 4.22. The number of aliphatic hydroxyl groups is 2. The molecule has 7 heteroatoms. The molecule has 0 spiro atoms. The van der Waals surface area contributed by atoms with Gasteiger partial charge in [-0.1, -0.05) is 0 Å². The summed E-state index contributed by atoms with van der Waals surface area (Å²) in [5, 5.41) is 20.4. The SMILES string of the molecule is CS(=O)(=O)c1cccnc1NCC(O)CO. The van der Waals surface area contributed by atoms with Crippen molar-refractivity contribution in [2.45, 2.75) is 11.0 Å². The maximum absolute atomic E-state index is 11.4. The van der Waals surface area contributed by atoms with Gasteiger partial charge in [-0.3, -0.25) is 0 Å². The average Bonchev–Trinajstić information content (AvgIpc) is 2.25. The number of nitrogens with one attached hydrogen (secondary N) is 1. The van der Waals surface area contributed by atoms with Crippen LogP contribution in [0.3, 0.4) is 0 Å². The Morgan fingerprint density at radius 1 is 1.56 bits per heavy atom. The number of aliphatic hydroxyl groups excluding tert-OH is 2. The van der Waals surface area contributed by atoms with E-state index in [1.807, 2.05) is 0 Å². The van der Waals surface area contributed by atoms with Crippen molar-refractivity contribution in [1.29, 1.82) is 0 Å². The van der Waals surface area contributed by atoms with Gasteiger partial charge in [0.1, 0.15) is 10.7 Å². The van der Waals surface area contributed by atoms with E-state index in [-0.39, 0.29) is 17.3 Å². The molecule has 6 nitrogen and oxygen atoms in total. The van der Waals surface area contributed by atoms with Gasteiger partial charge in [0.2, 0.25) is 0 Å². The predicted molar refractivity (Wildman–Crippen MR) is 58.9 cm³/mol.